The number of anilines is 2. The quantitative estimate of drug-likeness (QED) is 0.348. The molecule has 0 aliphatic carbocycles. The number of aromatic hydroxyl groups is 2. The highest BCUT2D eigenvalue weighted by atomic mass is 32.2. The van der Waals surface area contributed by atoms with E-state index >= 15 is 0 Å². The van der Waals surface area contributed by atoms with Gasteiger partial charge in [-0.1, -0.05) is 0 Å². The van der Waals surface area contributed by atoms with Gasteiger partial charge in [0.05, 0.1) is 23.9 Å². The summed E-state index contributed by atoms with van der Waals surface area (Å²) in [6.45, 7) is 0. The number of benzene rings is 3. The van der Waals surface area contributed by atoms with Gasteiger partial charge in [0.15, 0.2) is 0 Å². The topological polar surface area (TPSA) is 120 Å². The van der Waals surface area contributed by atoms with Gasteiger partial charge >= 0.3 is 0 Å². The normalized spacial score (nSPS) is 11.3. The highest BCUT2D eigenvalue weighted by molar-refractivity contribution is 7.92. The molecule has 0 amide bonds. The Morgan fingerprint density at radius 3 is 2.21 bits per heavy atom. The van der Waals surface area contributed by atoms with Crippen molar-refractivity contribution in [1.29, 1.82) is 0 Å². The zero-order valence-electron chi connectivity index (χ0n) is 15.4. The lowest BCUT2D eigenvalue weighted by Crippen LogP contribution is -2.12. The molecule has 3 aromatic carbocycles. The molecule has 0 heterocycles. The third kappa shape index (κ3) is 5.17. The van der Waals surface area contributed by atoms with Crippen molar-refractivity contribution in [2.24, 2.45) is 5.10 Å². The van der Waals surface area contributed by atoms with Gasteiger partial charge < -0.3 is 14.9 Å². The first-order valence-corrected chi connectivity index (χ1v) is 9.94. The van der Waals surface area contributed by atoms with Gasteiger partial charge in [0, 0.05) is 17.3 Å². The minimum atomic E-state index is -3.72. The lowest BCUT2D eigenvalue weighted by Gasteiger charge is -2.09. The number of hydrogen-bond donors (Lipinski definition) is 4. The Bertz CT molecular complexity index is 1110. The number of phenolic OH excluding ortho intramolecular Hbond substituents is 2. The number of nitrogens with one attached hydrogen (secondary N) is 2. The van der Waals surface area contributed by atoms with Gasteiger partial charge in [0.2, 0.25) is 0 Å². The molecule has 150 valence electrons. The average molecular weight is 413 g/mol. The second-order valence-electron chi connectivity index (χ2n) is 5.97. The maximum Gasteiger partial charge on any atom is 0.261 e. The third-order valence-electron chi connectivity index (χ3n) is 3.92. The van der Waals surface area contributed by atoms with E-state index in [4.69, 9.17) is 4.74 Å². The number of ether oxygens (including phenoxy) is 1. The summed E-state index contributed by atoms with van der Waals surface area (Å²) < 4.78 is 32.4. The SMILES string of the molecule is COc1ccc(S(=O)(=O)Nc2ccc(N/N=C/c3ccc(O)cc3O)cc2)cc1. The van der Waals surface area contributed by atoms with Crippen LogP contribution in [-0.2, 0) is 10.0 Å². The zero-order chi connectivity index (χ0) is 20.9. The Balaban J connectivity index is 1.64. The fourth-order valence-electron chi connectivity index (χ4n) is 2.40. The van der Waals surface area contributed by atoms with Gasteiger partial charge in [-0.2, -0.15) is 5.10 Å². The van der Waals surface area contributed by atoms with Crippen molar-refractivity contribution in [3.63, 3.8) is 0 Å². The summed E-state index contributed by atoms with van der Waals surface area (Å²) in [7, 11) is -2.21. The van der Waals surface area contributed by atoms with Crippen LogP contribution >= 0.6 is 0 Å². The molecule has 0 unspecified atom stereocenters. The van der Waals surface area contributed by atoms with Crippen molar-refractivity contribution in [2.45, 2.75) is 4.90 Å². The van der Waals surface area contributed by atoms with Crippen LogP contribution in [0.4, 0.5) is 11.4 Å². The van der Waals surface area contributed by atoms with E-state index in [1.807, 2.05) is 0 Å². The Labute approximate surface area is 168 Å². The van der Waals surface area contributed by atoms with Crippen LogP contribution < -0.4 is 14.9 Å². The molecule has 0 bridgehead atoms. The third-order valence-corrected chi connectivity index (χ3v) is 5.32. The van der Waals surface area contributed by atoms with Crippen molar-refractivity contribution in [3.05, 3.63) is 72.3 Å². The number of methoxy groups -OCH3 is 1. The summed E-state index contributed by atoms with van der Waals surface area (Å²) in [5, 5.41) is 23.0. The molecule has 0 aliphatic heterocycles. The molecule has 29 heavy (non-hydrogen) atoms. The lowest BCUT2D eigenvalue weighted by atomic mass is 10.2. The van der Waals surface area contributed by atoms with Crippen molar-refractivity contribution in [1.82, 2.24) is 0 Å². The van der Waals surface area contributed by atoms with E-state index < -0.39 is 10.0 Å². The minimum Gasteiger partial charge on any atom is -0.508 e. The predicted molar refractivity (Wildman–Crippen MR) is 111 cm³/mol. The monoisotopic (exact) mass is 413 g/mol. The van der Waals surface area contributed by atoms with Crippen LogP contribution in [0.1, 0.15) is 5.56 Å². The standard InChI is InChI=1S/C20H19N3O5S/c1-28-18-8-10-19(11-9-18)29(26,27)23-16-5-3-15(4-6-16)22-21-13-14-2-7-17(24)12-20(14)25/h2-13,22-25H,1H3/b21-13+. The van der Waals surface area contributed by atoms with Gasteiger partial charge in [-0.3, -0.25) is 10.1 Å². The van der Waals surface area contributed by atoms with Crippen LogP contribution in [0.3, 0.4) is 0 Å². The molecule has 8 nitrogen and oxygen atoms in total. The van der Waals surface area contributed by atoms with E-state index in [0.29, 0.717) is 22.7 Å². The molecule has 3 rings (SSSR count). The minimum absolute atomic E-state index is 0.0414. The van der Waals surface area contributed by atoms with Gasteiger partial charge in [-0.05, 0) is 60.7 Å². The summed E-state index contributed by atoms with van der Waals surface area (Å²) in [6, 6.07) is 16.7. The first-order valence-electron chi connectivity index (χ1n) is 8.45. The van der Waals surface area contributed by atoms with Gasteiger partial charge in [0.1, 0.15) is 17.2 Å². The maximum atomic E-state index is 12.4. The van der Waals surface area contributed by atoms with Crippen LogP contribution in [0.25, 0.3) is 0 Å². The fourth-order valence-corrected chi connectivity index (χ4v) is 3.46. The van der Waals surface area contributed by atoms with Crippen LogP contribution in [0.2, 0.25) is 0 Å². The van der Waals surface area contributed by atoms with Crippen LogP contribution in [0.5, 0.6) is 17.2 Å². The first kappa shape index (κ1) is 20.0. The van der Waals surface area contributed by atoms with E-state index in [2.05, 4.69) is 15.2 Å². The number of hydrogen-bond acceptors (Lipinski definition) is 7. The molecule has 0 atom stereocenters. The van der Waals surface area contributed by atoms with E-state index in [9.17, 15) is 18.6 Å². The van der Waals surface area contributed by atoms with E-state index in [1.165, 1.54) is 43.7 Å². The predicted octanol–water partition coefficient (Wildman–Crippen LogP) is 3.35. The summed E-state index contributed by atoms with van der Waals surface area (Å²) >= 11 is 0. The van der Waals surface area contributed by atoms with E-state index in [1.54, 1.807) is 36.4 Å². The number of rotatable bonds is 7. The molecular weight excluding hydrogens is 394 g/mol. The Kier molecular flexibility index (Phi) is 5.89. The highest BCUT2D eigenvalue weighted by Gasteiger charge is 2.14. The summed E-state index contributed by atoms with van der Waals surface area (Å²) in [4.78, 5) is 0.124. The molecule has 0 fully saturated rings. The largest absolute Gasteiger partial charge is 0.508 e. The molecule has 0 saturated carbocycles. The molecule has 4 N–H and O–H groups in total. The second-order valence-corrected chi connectivity index (χ2v) is 7.65. The summed E-state index contributed by atoms with van der Waals surface area (Å²) in [5.41, 5.74) is 4.22. The lowest BCUT2D eigenvalue weighted by molar-refractivity contribution is 0.414. The van der Waals surface area contributed by atoms with Crippen molar-refractivity contribution in [3.8, 4) is 17.2 Å². The average Bonchev–Trinajstić information content (AvgIpc) is 2.71. The molecule has 0 aliphatic rings. The number of nitrogens with zero attached hydrogens (tertiary/aromatic N) is 1. The zero-order valence-corrected chi connectivity index (χ0v) is 16.2. The summed E-state index contributed by atoms with van der Waals surface area (Å²) in [5.74, 6) is 0.430. The maximum absolute atomic E-state index is 12.4. The molecule has 0 aromatic heterocycles. The highest BCUT2D eigenvalue weighted by Crippen LogP contribution is 2.22. The molecule has 0 spiro atoms. The number of phenols is 2. The van der Waals surface area contributed by atoms with Crippen molar-refractivity contribution >= 4 is 27.6 Å². The number of sulfonamides is 1. The molecule has 3 aromatic rings. The van der Waals surface area contributed by atoms with E-state index in [-0.39, 0.29) is 16.4 Å². The Morgan fingerprint density at radius 2 is 1.59 bits per heavy atom. The smallest absolute Gasteiger partial charge is 0.261 e. The summed E-state index contributed by atoms with van der Waals surface area (Å²) in [6.07, 6.45) is 1.40. The Morgan fingerprint density at radius 1 is 0.931 bits per heavy atom. The molecule has 0 radical (unpaired) electrons. The molecule has 9 heteroatoms. The Hall–Kier alpha value is -3.72. The van der Waals surface area contributed by atoms with Crippen molar-refractivity contribution < 1.29 is 23.4 Å². The van der Waals surface area contributed by atoms with Crippen molar-refractivity contribution in [2.75, 3.05) is 17.3 Å². The van der Waals surface area contributed by atoms with Crippen LogP contribution in [-0.4, -0.2) is 32.0 Å². The second kappa shape index (κ2) is 8.53. The van der Waals surface area contributed by atoms with Crippen LogP contribution in [0.15, 0.2) is 76.7 Å². The van der Waals surface area contributed by atoms with E-state index in [0.717, 1.165) is 0 Å². The molecular formula is C20H19N3O5S. The molecule has 0 saturated heterocycles. The van der Waals surface area contributed by atoms with Gasteiger partial charge in [0.25, 0.3) is 10.0 Å². The van der Waals surface area contributed by atoms with Gasteiger partial charge in [-0.25, -0.2) is 8.42 Å². The fraction of sp³-hybridized carbons (Fsp3) is 0.0500. The first-order chi connectivity index (χ1) is 13.9. The number of hydrazone groups is 1. The van der Waals surface area contributed by atoms with Gasteiger partial charge in [-0.15, -0.1) is 0 Å². The van der Waals surface area contributed by atoms with Crippen LogP contribution in [0, 0.1) is 0 Å².